The first-order chi connectivity index (χ1) is 13.0. The summed E-state index contributed by atoms with van der Waals surface area (Å²) >= 11 is 6.05. The monoisotopic (exact) mass is 406 g/mol. The molecule has 1 fully saturated rings. The number of hydrogen-bond acceptors (Lipinski definition) is 4. The highest BCUT2D eigenvalue weighted by molar-refractivity contribution is 7.89. The molecule has 2 aromatic rings. The molecule has 0 radical (unpaired) electrons. The Morgan fingerprint density at radius 1 is 1.04 bits per heavy atom. The van der Waals surface area contributed by atoms with Crippen molar-refractivity contribution >= 4 is 27.5 Å². The number of carbonyl (C=O) groups is 1. The van der Waals surface area contributed by atoms with Crippen molar-refractivity contribution < 1.29 is 17.9 Å². The van der Waals surface area contributed by atoms with Crippen LogP contribution >= 0.6 is 11.6 Å². The average Bonchev–Trinajstić information content (AvgIpc) is 3.15. The lowest BCUT2D eigenvalue weighted by atomic mass is 10.1. The van der Waals surface area contributed by atoms with Crippen molar-refractivity contribution in [2.24, 2.45) is 0 Å². The van der Waals surface area contributed by atoms with Crippen molar-refractivity contribution in [2.75, 3.05) is 32.8 Å². The predicted molar refractivity (Wildman–Crippen MR) is 102 cm³/mol. The topological polar surface area (TPSA) is 66.9 Å². The van der Waals surface area contributed by atoms with Gasteiger partial charge in [-0.15, -0.1) is 0 Å². The summed E-state index contributed by atoms with van der Waals surface area (Å²) in [6.45, 7) is 1.82. The first-order valence-corrected chi connectivity index (χ1v) is 10.6. The Labute approximate surface area is 163 Å². The molecular weight excluding hydrogens is 388 g/mol. The van der Waals surface area contributed by atoms with Crippen LogP contribution in [0.2, 0.25) is 5.02 Å². The molecule has 4 rings (SSSR count). The maximum atomic E-state index is 12.8. The molecule has 2 aliphatic heterocycles. The SMILES string of the molecule is O=C(c1ccc2c(c1)CCO2)N1CCN(S(=O)(=O)c2ccccc2Cl)CC1. The molecule has 1 saturated heterocycles. The van der Waals surface area contributed by atoms with Crippen molar-refractivity contribution in [3.8, 4) is 5.75 Å². The van der Waals surface area contributed by atoms with Crippen LogP contribution < -0.4 is 4.74 Å². The maximum Gasteiger partial charge on any atom is 0.253 e. The number of hydrogen-bond donors (Lipinski definition) is 0. The van der Waals surface area contributed by atoms with Gasteiger partial charge in [0.2, 0.25) is 10.0 Å². The lowest BCUT2D eigenvalue weighted by molar-refractivity contribution is 0.0698. The molecule has 6 nitrogen and oxygen atoms in total. The summed E-state index contributed by atoms with van der Waals surface area (Å²) in [7, 11) is -3.67. The zero-order valence-electron chi connectivity index (χ0n) is 14.6. The lowest BCUT2D eigenvalue weighted by Crippen LogP contribution is -2.50. The van der Waals surface area contributed by atoms with Gasteiger partial charge in [0.15, 0.2) is 0 Å². The Hall–Kier alpha value is -2.09. The molecule has 0 N–H and O–H groups in total. The number of piperazine rings is 1. The predicted octanol–water partition coefficient (Wildman–Crippen LogP) is 2.42. The van der Waals surface area contributed by atoms with E-state index in [2.05, 4.69) is 0 Å². The second-order valence-electron chi connectivity index (χ2n) is 6.55. The molecule has 0 aliphatic carbocycles. The molecule has 142 valence electrons. The highest BCUT2D eigenvalue weighted by Gasteiger charge is 2.31. The van der Waals surface area contributed by atoms with Gasteiger partial charge >= 0.3 is 0 Å². The number of fused-ring (bicyclic) bond motifs is 1. The number of halogens is 1. The van der Waals surface area contributed by atoms with Crippen LogP contribution in [0.3, 0.4) is 0 Å². The van der Waals surface area contributed by atoms with Crippen molar-refractivity contribution in [2.45, 2.75) is 11.3 Å². The number of benzene rings is 2. The van der Waals surface area contributed by atoms with Gasteiger partial charge in [0.1, 0.15) is 10.6 Å². The Morgan fingerprint density at radius 3 is 2.52 bits per heavy atom. The molecule has 0 saturated carbocycles. The van der Waals surface area contributed by atoms with Gasteiger partial charge in [-0.2, -0.15) is 4.31 Å². The van der Waals surface area contributed by atoms with Gasteiger partial charge in [0.05, 0.1) is 11.6 Å². The van der Waals surface area contributed by atoms with Crippen molar-refractivity contribution in [1.29, 1.82) is 0 Å². The summed E-state index contributed by atoms with van der Waals surface area (Å²) in [6, 6.07) is 11.9. The number of sulfonamides is 1. The second kappa shape index (κ2) is 7.14. The zero-order chi connectivity index (χ0) is 19.0. The fourth-order valence-corrected chi connectivity index (χ4v) is 5.34. The van der Waals surface area contributed by atoms with E-state index in [4.69, 9.17) is 16.3 Å². The number of carbonyl (C=O) groups excluding carboxylic acids is 1. The summed E-state index contributed by atoms with van der Waals surface area (Å²) in [5, 5.41) is 0.205. The van der Waals surface area contributed by atoms with E-state index in [1.807, 2.05) is 12.1 Å². The Kier molecular flexibility index (Phi) is 4.84. The molecule has 2 aliphatic rings. The first-order valence-electron chi connectivity index (χ1n) is 8.76. The van der Waals surface area contributed by atoms with Crippen LogP contribution in [0.15, 0.2) is 47.4 Å². The van der Waals surface area contributed by atoms with E-state index in [-0.39, 0.29) is 28.9 Å². The third-order valence-electron chi connectivity index (χ3n) is 4.92. The summed E-state index contributed by atoms with van der Waals surface area (Å²) in [4.78, 5) is 14.6. The standard InChI is InChI=1S/C19H19ClN2O4S/c20-16-3-1-2-4-18(16)27(24,25)22-10-8-21(9-11-22)19(23)15-5-6-17-14(13-15)7-12-26-17/h1-6,13H,7-12H2. The number of rotatable bonds is 3. The minimum Gasteiger partial charge on any atom is -0.493 e. The fourth-order valence-electron chi connectivity index (χ4n) is 3.43. The normalized spacial score (nSPS) is 17.4. The van der Waals surface area contributed by atoms with Gasteiger partial charge in [-0.05, 0) is 35.9 Å². The molecule has 0 spiro atoms. The van der Waals surface area contributed by atoms with Crippen LogP contribution in [0.4, 0.5) is 0 Å². The third-order valence-corrected chi connectivity index (χ3v) is 7.32. The van der Waals surface area contributed by atoms with Crippen LogP contribution in [0.5, 0.6) is 5.75 Å². The quantitative estimate of drug-likeness (QED) is 0.785. The Morgan fingerprint density at radius 2 is 1.78 bits per heavy atom. The van der Waals surface area contributed by atoms with Crippen LogP contribution in [0.1, 0.15) is 15.9 Å². The fraction of sp³-hybridized carbons (Fsp3) is 0.316. The van der Waals surface area contributed by atoms with Crippen molar-refractivity contribution in [3.05, 3.63) is 58.6 Å². The van der Waals surface area contributed by atoms with Crippen LogP contribution in [0, 0.1) is 0 Å². The van der Waals surface area contributed by atoms with E-state index in [0.29, 0.717) is 25.3 Å². The minimum atomic E-state index is -3.67. The van der Waals surface area contributed by atoms with Crippen LogP contribution in [-0.2, 0) is 16.4 Å². The number of amides is 1. The van der Waals surface area contributed by atoms with Crippen LogP contribution in [0.25, 0.3) is 0 Å². The minimum absolute atomic E-state index is 0.0838. The van der Waals surface area contributed by atoms with Gasteiger partial charge in [-0.25, -0.2) is 8.42 Å². The van der Waals surface area contributed by atoms with E-state index in [1.54, 1.807) is 29.2 Å². The van der Waals surface area contributed by atoms with E-state index < -0.39 is 10.0 Å². The molecule has 2 heterocycles. The van der Waals surface area contributed by atoms with Crippen LogP contribution in [-0.4, -0.2) is 56.3 Å². The summed E-state index contributed by atoms with van der Waals surface area (Å²) in [5.74, 6) is 0.752. The summed E-state index contributed by atoms with van der Waals surface area (Å²) in [5.41, 5.74) is 1.66. The van der Waals surface area contributed by atoms with E-state index in [0.717, 1.165) is 17.7 Å². The van der Waals surface area contributed by atoms with Crippen molar-refractivity contribution in [3.63, 3.8) is 0 Å². The second-order valence-corrected chi connectivity index (χ2v) is 8.86. The maximum absolute atomic E-state index is 12.8. The molecule has 27 heavy (non-hydrogen) atoms. The average molecular weight is 407 g/mol. The van der Waals surface area contributed by atoms with Gasteiger partial charge in [-0.1, -0.05) is 23.7 Å². The van der Waals surface area contributed by atoms with Gasteiger partial charge < -0.3 is 9.64 Å². The number of ether oxygens (including phenoxy) is 1. The first kappa shape index (κ1) is 18.3. The van der Waals surface area contributed by atoms with Gasteiger partial charge in [0.25, 0.3) is 5.91 Å². The molecule has 0 atom stereocenters. The third kappa shape index (κ3) is 3.42. The van der Waals surface area contributed by atoms with Crippen molar-refractivity contribution in [1.82, 2.24) is 9.21 Å². The molecule has 0 bridgehead atoms. The molecule has 2 aromatic carbocycles. The Bertz CT molecular complexity index is 985. The van der Waals surface area contributed by atoms with Gasteiger partial charge in [-0.3, -0.25) is 4.79 Å². The zero-order valence-corrected chi connectivity index (χ0v) is 16.2. The highest BCUT2D eigenvalue weighted by Crippen LogP contribution is 2.27. The Balaban J connectivity index is 1.46. The molecule has 0 aromatic heterocycles. The molecule has 8 heteroatoms. The largest absolute Gasteiger partial charge is 0.493 e. The number of nitrogens with zero attached hydrogens (tertiary/aromatic N) is 2. The summed E-state index contributed by atoms with van der Waals surface area (Å²) in [6.07, 6.45) is 0.806. The summed E-state index contributed by atoms with van der Waals surface area (Å²) < 4.78 is 32.5. The lowest BCUT2D eigenvalue weighted by Gasteiger charge is -2.34. The molecular formula is C19H19ClN2O4S. The molecule has 1 amide bonds. The smallest absolute Gasteiger partial charge is 0.253 e. The van der Waals surface area contributed by atoms with E-state index in [9.17, 15) is 13.2 Å². The van der Waals surface area contributed by atoms with Gasteiger partial charge in [0, 0.05) is 38.2 Å². The van der Waals surface area contributed by atoms with E-state index >= 15 is 0 Å². The van der Waals surface area contributed by atoms with E-state index in [1.165, 1.54) is 10.4 Å². The molecule has 0 unspecified atom stereocenters. The highest BCUT2D eigenvalue weighted by atomic mass is 35.5.